The molecule has 1 aromatic carbocycles. The number of aromatic hydroxyl groups is 2. The Kier molecular flexibility index (Phi) is 3.57. The van der Waals surface area contributed by atoms with Crippen LogP contribution in [0.5, 0.6) is 11.5 Å². The topological polar surface area (TPSA) is 52.5 Å². The molecule has 0 saturated carbocycles. The molecule has 1 aromatic rings. The molecule has 0 aliphatic carbocycles. The van der Waals surface area contributed by atoms with Crippen LogP contribution in [0, 0.1) is 0 Å². The Hall–Kier alpha value is -0.740. The molecule has 1 rings (SSSR count). The van der Waals surface area contributed by atoms with Crippen LogP contribution in [-0.2, 0) is 0 Å². The van der Waals surface area contributed by atoms with Crippen LogP contribution >= 0.6 is 15.9 Å². The van der Waals surface area contributed by atoms with E-state index in [1.165, 1.54) is 6.07 Å². The minimum absolute atomic E-state index is 0.0851. The van der Waals surface area contributed by atoms with Gasteiger partial charge in [0.1, 0.15) is 0 Å². The third-order valence-corrected chi connectivity index (χ3v) is 2.60. The highest BCUT2D eigenvalue weighted by atomic mass is 79.9. The molecule has 0 saturated heterocycles. The molecule has 0 fully saturated rings. The van der Waals surface area contributed by atoms with Gasteiger partial charge < -0.3 is 15.5 Å². The number of hydrogen-bond donors (Lipinski definition) is 3. The summed E-state index contributed by atoms with van der Waals surface area (Å²) in [5, 5.41) is 21.3. The first kappa shape index (κ1) is 10.3. The van der Waals surface area contributed by atoms with Gasteiger partial charge in [0.25, 0.3) is 0 Å². The Morgan fingerprint density at radius 2 is 2.08 bits per heavy atom. The summed E-state index contributed by atoms with van der Waals surface area (Å²) < 4.78 is 0. The molecule has 0 heterocycles. The second-order valence-corrected chi connectivity index (χ2v) is 3.88. The van der Waals surface area contributed by atoms with Gasteiger partial charge in [-0.2, -0.15) is 0 Å². The fourth-order valence-electron chi connectivity index (χ4n) is 1.03. The normalized spacial score (nSPS) is 12.8. The van der Waals surface area contributed by atoms with E-state index in [9.17, 15) is 5.11 Å². The van der Waals surface area contributed by atoms with Crippen LogP contribution in [-0.4, -0.2) is 23.8 Å². The van der Waals surface area contributed by atoms with E-state index in [0.717, 1.165) is 12.1 Å². The second kappa shape index (κ2) is 4.48. The third kappa shape index (κ3) is 2.60. The predicted molar refractivity (Wildman–Crippen MR) is 55.4 cm³/mol. The van der Waals surface area contributed by atoms with E-state index >= 15 is 0 Å². The molecule has 0 spiro atoms. The lowest BCUT2D eigenvalue weighted by molar-refractivity contribution is 0.403. The molecule has 1 atom stereocenters. The fraction of sp³-hybridized carbons (Fsp3) is 0.333. The maximum absolute atomic E-state index is 9.23. The van der Waals surface area contributed by atoms with Gasteiger partial charge in [0, 0.05) is 6.54 Å². The molecule has 0 amide bonds. The Labute approximate surface area is 85.5 Å². The Balaban J connectivity index is 2.84. The van der Waals surface area contributed by atoms with E-state index in [4.69, 9.17) is 5.11 Å². The molecule has 0 radical (unpaired) electrons. The van der Waals surface area contributed by atoms with Gasteiger partial charge in [-0.15, -0.1) is 0 Å². The first-order valence-corrected chi connectivity index (χ1v) is 4.87. The molecular formula is C9H12BrNO2. The highest BCUT2D eigenvalue weighted by Gasteiger charge is 2.08. The summed E-state index contributed by atoms with van der Waals surface area (Å²) in [6.45, 7) is 0.768. The lowest BCUT2D eigenvalue weighted by Gasteiger charge is -2.09. The lowest BCUT2D eigenvalue weighted by Crippen LogP contribution is -2.12. The van der Waals surface area contributed by atoms with Crippen molar-refractivity contribution in [1.29, 1.82) is 0 Å². The molecule has 3 N–H and O–H groups in total. The van der Waals surface area contributed by atoms with Crippen LogP contribution in [0.1, 0.15) is 10.4 Å². The quantitative estimate of drug-likeness (QED) is 0.562. The molecule has 0 bridgehead atoms. The number of likely N-dealkylation sites (N-methyl/N-ethyl adjacent to an activating group) is 1. The summed E-state index contributed by atoms with van der Waals surface area (Å²) in [6.07, 6.45) is 0. The van der Waals surface area contributed by atoms with Crippen molar-refractivity contribution in [2.75, 3.05) is 13.6 Å². The maximum atomic E-state index is 9.23. The van der Waals surface area contributed by atoms with Crippen molar-refractivity contribution in [1.82, 2.24) is 5.32 Å². The van der Waals surface area contributed by atoms with Crippen LogP contribution in [0.2, 0.25) is 0 Å². The van der Waals surface area contributed by atoms with Crippen LogP contribution in [0.25, 0.3) is 0 Å². The SMILES string of the molecule is CNC[C@@H](Br)c1ccc(O)c(O)c1. The Morgan fingerprint density at radius 1 is 1.38 bits per heavy atom. The van der Waals surface area contributed by atoms with Crippen molar-refractivity contribution < 1.29 is 10.2 Å². The van der Waals surface area contributed by atoms with Crippen LogP contribution in [0.3, 0.4) is 0 Å². The van der Waals surface area contributed by atoms with E-state index in [1.54, 1.807) is 12.1 Å². The van der Waals surface area contributed by atoms with Gasteiger partial charge >= 0.3 is 0 Å². The number of alkyl halides is 1. The molecule has 13 heavy (non-hydrogen) atoms. The highest BCUT2D eigenvalue weighted by Crippen LogP contribution is 2.30. The summed E-state index contributed by atoms with van der Waals surface area (Å²) in [7, 11) is 1.86. The van der Waals surface area contributed by atoms with Crippen molar-refractivity contribution >= 4 is 15.9 Å². The average Bonchev–Trinajstić information content (AvgIpc) is 2.10. The predicted octanol–water partition coefficient (Wildman–Crippen LogP) is 1.75. The molecule has 4 heteroatoms. The number of nitrogens with one attached hydrogen (secondary N) is 1. The van der Waals surface area contributed by atoms with Crippen LogP contribution < -0.4 is 5.32 Å². The van der Waals surface area contributed by atoms with E-state index in [2.05, 4.69) is 21.2 Å². The Bertz CT molecular complexity index is 291. The minimum Gasteiger partial charge on any atom is -0.504 e. The zero-order valence-corrected chi connectivity index (χ0v) is 8.87. The van der Waals surface area contributed by atoms with Crippen LogP contribution in [0.4, 0.5) is 0 Å². The largest absolute Gasteiger partial charge is 0.504 e. The van der Waals surface area contributed by atoms with Gasteiger partial charge in [0.2, 0.25) is 0 Å². The van der Waals surface area contributed by atoms with E-state index in [0.29, 0.717) is 0 Å². The monoisotopic (exact) mass is 245 g/mol. The highest BCUT2D eigenvalue weighted by molar-refractivity contribution is 9.09. The van der Waals surface area contributed by atoms with Crippen molar-refractivity contribution in [3.63, 3.8) is 0 Å². The van der Waals surface area contributed by atoms with E-state index in [-0.39, 0.29) is 16.3 Å². The number of phenols is 2. The summed E-state index contributed by atoms with van der Waals surface area (Å²) >= 11 is 3.45. The summed E-state index contributed by atoms with van der Waals surface area (Å²) in [6, 6.07) is 4.80. The van der Waals surface area contributed by atoms with Crippen molar-refractivity contribution in [3.05, 3.63) is 23.8 Å². The summed E-state index contributed by atoms with van der Waals surface area (Å²) in [4.78, 5) is 0.143. The van der Waals surface area contributed by atoms with Gasteiger partial charge in [-0.05, 0) is 24.7 Å². The molecular weight excluding hydrogens is 234 g/mol. The first-order valence-electron chi connectivity index (χ1n) is 3.95. The third-order valence-electron chi connectivity index (χ3n) is 1.74. The summed E-state index contributed by atoms with van der Waals surface area (Å²) in [5.74, 6) is -0.175. The van der Waals surface area contributed by atoms with E-state index < -0.39 is 0 Å². The van der Waals surface area contributed by atoms with Crippen molar-refractivity contribution in [2.24, 2.45) is 0 Å². The Morgan fingerprint density at radius 3 is 2.62 bits per heavy atom. The maximum Gasteiger partial charge on any atom is 0.157 e. The molecule has 72 valence electrons. The zero-order valence-electron chi connectivity index (χ0n) is 7.29. The lowest BCUT2D eigenvalue weighted by atomic mass is 10.1. The number of benzene rings is 1. The summed E-state index contributed by atoms with van der Waals surface area (Å²) in [5.41, 5.74) is 0.935. The smallest absolute Gasteiger partial charge is 0.157 e. The first-order chi connectivity index (χ1) is 6.15. The zero-order chi connectivity index (χ0) is 9.84. The van der Waals surface area contributed by atoms with Gasteiger partial charge in [-0.1, -0.05) is 22.0 Å². The van der Waals surface area contributed by atoms with E-state index in [1.807, 2.05) is 7.05 Å². The van der Waals surface area contributed by atoms with Gasteiger partial charge in [0.15, 0.2) is 11.5 Å². The molecule has 0 aromatic heterocycles. The molecule has 0 unspecified atom stereocenters. The minimum atomic E-state index is -0.0899. The average molecular weight is 246 g/mol. The number of phenolic OH excluding ortho intramolecular Hbond substituents is 2. The van der Waals surface area contributed by atoms with Gasteiger partial charge in [-0.25, -0.2) is 0 Å². The van der Waals surface area contributed by atoms with Gasteiger partial charge in [0.05, 0.1) is 4.83 Å². The van der Waals surface area contributed by atoms with Crippen LogP contribution in [0.15, 0.2) is 18.2 Å². The second-order valence-electron chi connectivity index (χ2n) is 2.77. The number of hydrogen-bond acceptors (Lipinski definition) is 3. The fourth-order valence-corrected chi connectivity index (χ4v) is 1.64. The molecule has 0 aliphatic heterocycles. The molecule has 0 aliphatic rings. The van der Waals surface area contributed by atoms with Crippen molar-refractivity contribution in [3.8, 4) is 11.5 Å². The van der Waals surface area contributed by atoms with Gasteiger partial charge in [-0.3, -0.25) is 0 Å². The number of rotatable bonds is 3. The standard InChI is InChI=1S/C9H12BrNO2/c1-11-5-7(10)6-2-3-8(12)9(13)4-6/h2-4,7,11-13H,5H2,1H3/t7-/m1/s1. The number of halogens is 1. The van der Waals surface area contributed by atoms with Crippen molar-refractivity contribution in [2.45, 2.75) is 4.83 Å². The molecule has 3 nitrogen and oxygen atoms in total.